The van der Waals surface area contributed by atoms with Gasteiger partial charge in [0.25, 0.3) is 0 Å². The van der Waals surface area contributed by atoms with Crippen LogP contribution in [0.5, 0.6) is 0 Å². The number of ether oxygens (including phenoxy) is 2. The van der Waals surface area contributed by atoms with Gasteiger partial charge >= 0.3 is 0 Å². The molecule has 0 aliphatic heterocycles. The lowest BCUT2D eigenvalue weighted by Gasteiger charge is -2.32. The Labute approximate surface area is 187 Å². The number of ketones is 1. The summed E-state index contributed by atoms with van der Waals surface area (Å²) in [6, 6.07) is 0. The number of nitrogens with one attached hydrogen (secondary N) is 1. The number of unbranched alkanes of at least 4 members (excludes halogenated alkanes) is 2. The normalized spacial score (nSPS) is 21.0. The highest BCUT2D eigenvalue weighted by Gasteiger charge is 2.37. The van der Waals surface area contributed by atoms with Gasteiger partial charge in [0, 0.05) is 20.1 Å². The summed E-state index contributed by atoms with van der Waals surface area (Å²) in [4.78, 5) is 24.7. The first-order valence-electron chi connectivity index (χ1n) is 11.5. The van der Waals surface area contributed by atoms with E-state index in [-0.39, 0.29) is 24.3 Å². The zero-order valence-corrected chi connectivity index (χ0v) is 19.5. The number of allylic oxidation sites excluding steroid dienone is 2. The van der Waals surface area contributed by atoms with Gasteiger partial charge in [-0.25, -0.2) is 0 Å². The van der Waals surface area contributed by atoms with Crippen LogP contribution in [0.2, 0.25) is 0 Å². The van der Waals surface area contributed by atoms with Crippen molar-refractivity contribution in [1.82, 2.24) is 5.32 Å². The molecule has 31 heavy (non-hydrogen) atoms. The molecule has 0 aromatic heterocycles. The van der Waals surface area contributed by atoms with Gasteiger partial charge in [0.2, 0.25) is 5.91 Å². The van der Waals surface area contributed by atoms with E-state index in [1.54, 1.807) is 20.1 Å². The fourth-order valence-corrected chi connectivity index (χ4v) is 3.73. The number of Topliss-reactive ketones (excluding diaryl/α,β-unsaturated/α-hetero) is 1. The van der Waals surface area contributed by atoms with Gasteiger partial charge < -0.3 is 19.9 Å². The Hall–Kier alpha value is -1.76. The Bertz CT molecular complexity index is 613. The number of carbonyl (C=O) groups is 2. The molecule has 4 atom stereocenters. The molecule has 0 heterocycles. The molecule has 0 fully saturated rings. The van der Waals surface area contributed by atoms with E-state index >= 15 is 0 Å². The highest BCUT2D eigenvalue weighted by Crippen LogP contribution is 2.26. The number of hydrogen-bond acceptors (Lipinski definition) is 5. The van der Waals surface area contributed by atoms with Crippen LogP contribution in [0.1, 0.15) is 65.2 Å². The summed E-state index contributed by atoms with van der Waals surface area (Å²) >= 11 is 0. The fraction of sp³-hybridized carbons (Fsp3) is 0.680. The molecule has 1 aliphatic carbocycles. The number of hydrogen-bond donors (Lipinski definition) is 2. The van der Waals surface area contributed by atoms with Crippen molar-refractivity contribution in [3.63, 3.8) is 0 Å². The summed E-state index contributed by atoms with van der Waals surface area (Å²) in [5, 5.41) is 13.3. The van der Waals surface area contributed by atoms with Gasteiger partial charge in [0.05, 0.1) is 30.8 Å². The minimum absolute atomic E-state index is 0.0311. The number of aliphatic hydroxyl groups is 1. The van der Waals surface area contributed by atoms with E-state index < -0.39 is 18.1 Å². The Balaban J connectivity index is 2.37. The Kier molecular flexibility index (Phi) is 14.0. The fourth-order valence-electron chi connectivity index (χ4n) is 3.73. The molecule has 0 saturated carbocycles. The zero-order valence-electron chi connectivity index (χ0n) is 19.5. The minimum Gasteiger partial charge on any atom is -0.390 e. The molecule has 0 saturated heterocycles. The first-order chi connectivity index (χ1) is 14.9. The average molecular weight is 436 g/mol. The predicted molar refractivity (Wildman–Crippen MR) is 124 cm³/mol. The van der Waals surface area contributed by atoms with Crippen molar-refractivity contribution in [3.05, 3.63) is 36.5 Å². The molecule has 6 nitrogen and oxygen atoms in total. The molecule has 0 aromatic rings. The molecule has 0 unspecified atom stereocenters. The lowest BCUT2D eigenvalue weighted by molar-refractivity contribution is -0.132. The van der Waals surface area contributed by atoms with Crippen LogP contribution < -0.4 is 5.32 Å². The molecule has 2 N–H and O–H groups in total. The Morgan fingerprint density at radius 3 is 2.84 bits per heavy atom. The van der Waals surface area contributed by atoms with Crippen LogP contribution >= 0.6 is 0 Å². The molecule has 6 heteroatoms. The van der Waals surface area contributed by atoms with Crippen molar-refractivity contribution in [2.24, 2.45) is 5.92 Å². The third-order valence-corrected chi connectivity index (χ3v) is 5.67. The maximum absolute atomic E-state index is 12.5. The van der Waals surface area contributed by atoms with Crippen molar-refractivity contribution < 1.29 is 24.2 Å². The molecule has 0 radical (unpaired) electrons. The topological polar surface area (TPSA) is 84.9 Å². The van der Waals surface area contributed by atoms with Crippen molar-refractivity contribution in [3.8, 4) is 0 Å². The molecule has 0 bridgehead atoms. The SMILES string of the molecule is C=CCO[C@@H]1CC=C(C)C(=O)[C@H]1[C@H](O)CNC(=O)CC/C=C/C[C@H](CCCCC)OC. The van der Waals surface area contributed by atoms with E-state index in [0.29, 0.717) is 31.4 Å². The number of methoxy groups -OCH3 is 1. The van der Waals surface area contributed by atoms with Gasteiger partial charge in [0.15, 0.2) is 5.78 Å². The Morgan fingerprint density at radius 2 is 2.16 bits per heavy atom. The second kappa shape index (κ2) is 16.0. The Morgan fingerprint density at radius 1 is 1.39 bits per heavy atom. The van der Waals surface area contributed by atoms with Crippen molar-refractivity contribution in [1.29, 1.82) is 0 Å². The minimum atomic E-state index is -0.990. The van der Waals surface area contributed by atoms with E-state index in [9.17, 15) is 14.7 Å². The highest BCUT2D eigenvalue weighted by molar-refractivity contribution is 5.98. The van der Waals surface area contributed by atoms with Gasteiger partial charge in [0.1, 0.15) is 0 Å². The van der Waals surface area contributed by atoms with Gasteiger partial charge in [-0.1, -0.05) is 50.5 Å². The largest absolute Gasteiger partial charge is 0.390 e. The number of carbonyl (C=O) groups excluding carboxylic acids is 2. The first kappa shape index (κ1) is 27.3. The lowest BCUT2D eigenvalue weighted by atomic mass is 9.81. The molecule has 176 valence electrons. The number of aliphatic hydroxyl groups excluding tert-OH is 1. The van der Waals surface area contributed by atoms with E-state index in [2.05, 4.69) is 24.9 Å². The van der Waals surface area contributed by atoms with Crippen LogP contribution in [-0.4, -0.2) is 55.4 Å². The molecule has 1 aliphatic rings. The van der Waals surface area contributed by atoms with Crippen molar-refractivity contribution in [2.75, 3.05) is 20.3 Å². The molecular formula is C25H41NO5. The van der Waals surface area contributed by atoms with Gasteiger partial charge in [-0.2, -0.15) is 0 Å². The summed E-state index contributed by atoms with van der Waals surface area (Å²) in [5.74, 6) is -0.950. The number of rotatable bonds is 16. The van der Waals surface area contributed by atoms with E-state index in [1.807, 2.05) is 12.2 Å². The summed E-state index contributed by atoms with van der Waals surface area (Å²) < 4.78 is 11.2. The van der Waals surface area contributed by atoms with E-state index in [0.717, 1.165) is 12.8 Å². The van der Waals surface area contributed by atoms with Gasteiger partial charge in [-0.05, 0) is 38.2 Å². The summed E-state index contributed by atoms with van der Waals surface area (Å²) in [5.41, 5.74) is 0.628. The lowest BCUT2D eigenvalue weighted by Crippen LogP contribution is -2.47. The summed E-state index contributed by atoms with van der Waals surface area (Å²) in [7, 11) is 1.74. The molecule has 1 amide bonds. The van der Waals surface area contributed by atoms with Crippen LogP contribution in [0, 0.1) is 5.92 Å². The standard InChI is InChI=1S/C25H41NO5/c1-5-7-9-12-20(30-4)13-10-8-11-14-23(28)26-18-21(27)24-22(31-17-6-2)16-15-19(3)25(24)29/h6,8,10,15,20-22,24,27H,2,5,7,9,11-14,16-18H2,1,3-4H3,(H,26,28)/b10-8+/t20-,21+,22+,24-/m0/s1. The van der Waals surface area contributed by atoms with E-state index in [1.165, 1.54) is 19.3 Å². The molecule has 0 spiro atoms. The second-order valence-corrected chi connectivity index (χ2v) is 8.14. The highest BCUT2D eigenvalue weighted by atomic mass is 16.5. The number of amides is 1. The van der Waals surface area contributed by atoms with Crippen LogP contribution in [0.3, 0.4) is 0 Å². The second-order valence-electron chi connectivity index (χ2n) is 8.14. The molecule has 0 aromatic carbocycles. The zero-order chi connectivity index (χ0) is 23.1. The monoisotopic (exact) mass is 435 g/mol. The van der Waals surface area contributed by atoms with Gasteiger partial charge in [-0.3, -0.25) is 9.59 Å². The summed E-state index contributed by atoms with van der Waals surface area (Å²) in [6.07, 6.45) is 13.4. The van der Waals surface area contributed by atoms with E-state index in [4.69, 9.17) is 9.47 Å². The van der Waals surface area contributed by atoms with Crippen LogP contribution in [0.4, 0.5) is 0 Å². The maximum Gasteiger partial charge on any atom is 0.220 e. The van der Waals surface area contributed by atoms with Crippen molar-refractivity contribution >= 4 is 11.7 Å². The third kappa shape index (κ3) is 10.4. The maximum atomic E-state index is 12.5. The van der Waals surface area contributed by atoms with Crippen LogP contribution in [-0.2, 0) is 19.1 Å². The average Bonchev–Trinajstić information content (AvgIpc) is 2.76. The quantitative estimate of drug-likeness (QED) is 0.284. The molecular weight excluding hydrogens is 394 g/mol. The van der Waals surface area contributed by atoms with Crippen LogP contribution in [0.15, 0.2) is 36.5 Å². The predicted octanol–water partition coefficient (Wildman–Crippen LogP) is 3.89. The summed E-state index contributed by atoms with van der Waals surface area (Å²) in [6.45, 7) is 7.90. The first-order valence-corrected chi connectivity index (χ1v) is 11.5. The third-order valence-electron chi connectivity index (χ3n) is 5.67. The van der Waals surface area contributed by atoms with Crippen molar-refractivity contribution in [2.45, 2.75) is 83.5 Å². The smallest absolute Gasteiger partial charge is 0.220 e. The van der Waals surface area contributed by atoms with Crippen LogP contribution in [0.25, 0.3) is 0 Å². The molecule has 1 rings (SSSR count). The van der Waals surface area contributed by atoms with Gasteiger partial charge in [-0.15, -0.1) is 6.58 Å².